The molecule has 0 saturated heterocycles. The Labute approximate surface area is 87.1 Å². The summed E-state index contributed by atoms with van der Waals surface area (Å²) in [5, 5.41) is 0.811. The van der Waals surface area contributed by atoms with Crippen molar-refractivity contribution in [2.75, 3.05) is 0 Å². The number of amides is 1. The van der Waals surface area contributed by atoms with E-state index in [0.717, 1.165) is 16.6 Å². The normalized spacial score (nSPS) is 10.3. The predicted octanol–water partition coefficient (Wildman–Crippen LogP) is 1.15. The minimum absolute atomic E-state index is 0.300. The van der Waals surface area contributed by atoms with Gasteiger partial charge >= 0.3 is 0 Å². The van der Waals surface area contributed by atoms with Crippen LogP contribution in [0.2, 0.25) is 0 Å². The first kappa shape index (κ1) is 9.61. The Morgan fingerprint density at radius 2 is 2.13 bits per heavy atom. The van der Waals surface area contributed by atoms with Crippen molar-refractivity contribution < 1.29 is 4.79 Å². The molecule has 1 heterocycles. The van der Waals surface area contributed by atoms with Crippen molar-refractivity contribution in [2.45, 2.75) is 6.92 Å². The number of carbonyl (C=O) groups excluding carboxylic acids is 1. The molecule has 4 nitrogen and oxygen atoms in total. The Balaban J connectivity index is 2.71. The molecule has 0 bridgehead atoms. The Morgan fingerprint density at radius 1 is 1.33 bits per heavy atom. The van der Waals surface area contributed by atoms with Crippen molar-refractivity contribution in [1.82, 2.24) is 10.4 Å². The molecule has 0 atom stereocenters. The third-order valence-corrected chi connectivity index (χ3v) is 2.25. The molecule has 1 aromatic carbocycles. The number of pyridine rings is 1. The minimum Gasteiger partial charge on any atom is -0.290 e. The van der Waals surface area contributed by atoms with Gasteiger partial charge in [0.05, 0.1) is 11.1 Å². The molecule has 1 aromatic heterocycles. The van der Waals surface area contributed by atoms with Crippen molar-refractivity contribution in [3.63, 3.8) is 0 Å². The second-order valence-corrected chi connectivity index (χ2v) is 3.30. The second-order valence-electron chi connectivity index (χ2n) is 3.30. The first-order valence-electron chi connectivity index (χ1n) is 4.59. The van der Waals surface area contributed by atoms with Crippen LogP contribution in [-0.4, -0.2) is 10.9 Å². The summed E-state index contributed by atoms with van der Waals surface area (Å²) >= 11 is 0. The minimum atomic E-state index is -0.300. The number of aromatic nitrogens is 1. The number of carbonyl (C=O) groups is 1. The number of fused-ring (bicyclic) bond motifs is 1. The molecule has 15 heavy (non-hydrogen) atoms. The van der Waals surface area contributed by atoms with Gasteiger partial charge in [0.1, 0.15) is 0 Å². The van der Waals surface area contributed by atoms with Crippen molar-refractivity contribution in [2.24, 2.45) is 5.84 Å². The van der Waals surface area contributed by atoms with Crippen LogP contribution in [0.5, 0.6) is 0 Å². The molecule has 0 aliphatic heterocycles. The van der Waals surface area contributed by atoms with Crippen LogP contribution in [-0.2, 0) is 0 Å². The Morgan fingerprint density at radius 3 is 2.87 bits per heavy atom. The highest BCUT2D eigenvalue weighted by Gasteiger charge is 2.08. The van der Waals surface area contributed by atoms with Crippen molar-refractivity contribution in [3.8, 4) is 0 Å². The molecule has 0 spiro atoms. The Kier molecular flexibility index (Phi) is 2.35. The molecule has 0 unspecified atom stereocenters. The number of nitrogens with two attached hydrogens (primary N) is 1. The second kappa shape index (κ2) is 3.67. The van der Waals surface area contributed by atoms with Gasteiger partial charge in [-0.25, -0.2) is 5.84 Å². The molecule has 2 aromatic rings. The lowest BCUT2D eigenvalue weighted by atomic mass is 10.1. The summed E-state index contributed by atoms with van der Waals surface area (Å²) in [6.45, 7) is 1.91. The van der Waals surface area contributed by atoms with Crippen LogP contribution in [0.25, 0.3) is 10.9 Å². The lowest BCUT2D eigenvalue weighted by Crippen LogP contribution is -2.30. The number of benzene rings is 1. The van der Waals surface area contributed by atoms with E-state index in [1.54, 1.807) is 12.1 Å². The van der Waals surface area contributed by atoms with Gasteiger partial charge in [0.15, 0.2) is 0 Å². The zero-order valence-electron chi connectivity index (χ0n) is 8.32. The molecule has 76 valence electrons. The molecular weight excluding hydrogens is 190 g/mol. The maximum absolute atomic E-state index is 11.4. The van der Waals surface area contributed by atoms with E-state index in [9.17, 15) is 4.79 Å². The molecule has 1 amide bonds. The first-order chi connectivity index (χ1) is 7.22. The fraction of sp³-hybridized carbons (Fsp3) is 0.0909. The monoisotopic (exact) mass is 201 g/mol. The summed E-state index contributed by atoms with van der Waals surface area (Å²) in [6.07, 6.45) is 0. The van der Waals surface area contributed by atoms with Crippen LogP contribution in [0.3, 0.4) is 0 Å². The highest BCUT2D eigenvalue weighted by Crippen LogP contribution is 2.17. The molecule has 0 aliphatic rings. The van der Waals surface area contributed by atoms with Gasteiger partial charge < -0.3 is 0 Å². The third kappa shape index (κ3) is 1.67. The van der Waals surface area contributed by atoms with Crippen LogP contribution in [0.4, 0.5) is 0 Å². The van der Waals surface area contributed by atoms with Gasteiger partial charge in [-0.2, -0.15) is 0 Å². The molecular formula is C11H11N3O. The number of hydrogen-bond acceptors (Lipinski definition) is 3. The summed E-state index contributed by atoms with van der Waals surface area (Å²) in [7, 11) is 0. The molecule has 0 fully saturated rings. The van der Waals surface area contributed by atoms with Gasteiger partial charge in [0.2, 0.25) is 0 Å². The van der Waals surface area contributed by atoms with Gasteiger partial charge in [-0.05, 0) is 25.1 Å². The van der Waals surface area contributed by atoms with E-state index >= 15 is 0 Å². The van der Waals surface area contributed by atoms with Gasteiger partial charge in [0, 0.05) is 11.1 Å². The van der Waals surface area contributed by atoms with E-state index in [1.807, 2.05) is 25.1 Å². The number of nitrogens with zero attached hydrogens (tertiary/aromatic N) is 1. The zero-order chi connectivity index (χ0) is 10.8. The number of aryl methyl sites for hydroxylation is 1. The maximum Gasteiger partial charge on any atom is 0.265 e. The van der Waals surface area contributed by atoms with Crippen molar-refractivity contribution >= 4 is 16.8 Å². The summed E-state index contributed by atoms with van der Waals surface area (Å²) in [4.78, 5) is 15.8. The highest BCUT2D eigenvalue weighted by atomic mass is 16.2. The fourth-order valence-corrected chi connectivity index (χ4v) is 1.53. The van der Waals surface area contributed by atoms with E-state index in [1.165, 1.54) is 0 Å². The van der Waals surface area contributed by atoms with Gasteiger partial charge in [-0.3, -0.25) is 15.2 Å². The Hall–Kier alpha value is -1.94. The molecule has 4 heteroatoms. The summed E-state index contributed by atoms with van der Waals surface area (Å²) in [5.74, 6) is 4.81. The van der Waals surface area contributed by atoms with Gasteiger partial charge in [-0.15, -0.1) is 0 Å². The largest absolute Gasteiger partial charge is 0.290 e. The fourth-order valence-electron chi connectivity index (χ4n) is 1.53. The van der Waals surface area contributed by atoms with Gasteiger partial charge in [0.25, 0.3) is 5.91 Å². The maximum atomic E-state index is 11.4. The average Bonchev–Trinajstić information content (AvgIpc) is 2.26. The van der Waals surface area contributed by atoms with E-state index in [0.29, 0.717) is 5.56 Å². The summed E-state index contributed by atoms with van der Waals surface area (Å²) in [5.41, 5.74) is 4.39. The summed E-state index contributed by atoms with van der Waals surface area (Å²) in [6, 6.07) is 9.13. The number of nitrogen functional groups attached to an aromatic ring is 1. The van der Waals surface area contributed by atoms with Gasteiger partial charge in [-0.1, -0.05) is 12.1 Å². The molecule has 0 saturated carbocycles. The average molecular weight is 201 g/mol. The van der Waals surface area contributed by atoms with E-state index in [-0.39, 0.29) is 5.91 Å². The SMILES string of the molecule is Cc1ccc2c(C(=O)NN)cccc2n1. The number of nitrogens with one attached hydrogen (secondary N) is 1. The number of hydrazine groups is 1. The molecule has 2 rings (SSSR count). The summed E-state index contributed by atoms with van der Waals surface area (Å²) < 4.78 is 0. The molecule has 0 aliphatic carbocycles. The van der Waals surface area contributed by atoms with Crippen molar-refractivity contribution in [1.29, 1.82) is 0 Å². The standard InChI is InChI=1S/C11H11N3O/c1-7-5-6-8-9(11(15)14-12)3-2-4-10(8)13-7/h2-6H,12H2,1H3,(H,14,15). The number of rotatable bonds is 1. The predicted molar refractivity (Wildman–Crippen MR) is 58.1 cm³/mol. The van der Waals surface area contributed by atoms with Crippen LogP contribution in [0.1, 0.15) is 16.1 Å². The molecule has 3 N–H and O–H groups in total. The number of hydrogen-bond donors (Lipinski definition) is 2. The van der Waals surface area contributed by atoms with E-state index in [4.69, 9.17) is 5.84 Å². The van der Waals surface area contributed by atoms with Crippen LogP contribution >= 0.6 is 0 Å². The quantitative estimate of drug-likeness (QED) is 0.413. The molecule has 0 radical (unpaired) electrons. The lowest BCUT2D eigenvalue weighted by Gasteiger charge is -2.04. The van der Waals surface area contributed by atoms with Crippen molar-refractivity contribution in [3.05, 3.63) is 41.6 Å². The highest BCUT2D eigenvalue weighted by molar-refractivity contribution is 6.05. The first-order valence-corrected chi connectivity index (χ1v) is 4.59. The van der Waals surface area contributed by atoms with E-state index < -0.39 is 0 Å². The smallest absolute Gasteiger partial charge is 0.265 e. The van der Waals surface area contributed by atoms with Crippen LogP contribution in [0.15, 0.2) is 30.3 Å². The zero-order valence-corrected chi connectivity index (χ0v) is 8.32. The van der Waals surface area contributed by atoms with E-state index in [2.05, 4.69) is 10.4 Å². The van der Waals surface area contributed by atoms with Crippen LogP contribution in [0, 0.1) is 6.92 Å². The topological polar surface area (TPSA) is 68.0 Å². The Bertz CT molecular complexity index is 522. The van der Waals surface area contributed by atoms with Crippen LogP contribution < -0.4 is 11.3 Å². The lowest BCUT2D eigenvalue weighted by molar-refractivity contribution is 0.0955. The third-order valence-electron chi connectivity index (χ3n) is 2.25.